The largest absolute Gasteiger partial charge is 0.481 e. The second-order valence-electron chi connectivity index (χ2n) is 6.10. The lowest BCUT2D eigenvalue weighted by atomic mass is 9.97. The highest BCUT2D eigenvalue weighted by atomic mass is 32.1. The van der Waals surface area contributed by atoms with E-state index < -0.39 is 0 Å². The zero-order valence-electron chi connectivity index (χ0n) is 14.1. The molecule has 1 atom stereocenters. The van der Waals surface area contributed by atoms with E-state index in [1.165, 1.54) is 0 Å². The van der Waals surface area contributed by atoms with E-state index in [-0.39, 0.29) is 0 Å². The lowest BCUT2D eigenvalue weighted by Gasteiger charge is -2.33. The van der Waals surface area contributed by atoms with Gasteiger partial charge in [0.1, 0.15) is 18.0 Å². The highest BCUT2D eigenvalue weighted by molar-refractivity contribution is 7.07. The molecule has 0 radical (unpaired) electrons. The molecule has 0 bridgehead atoms. The number of hydrogen-bond donors (Lipinski definition) is 0. The van der Waals surface area contributed by atoms with Crippen LogP contribution in [0.15, 0.2) is 35.7 Å². The van der Waals surface area contributed by atoms with Crippen LogP contribution >= 0.6 is 11.3 Å². The molecule has 1 aliphatic rings. The highest BCUT2D eigenvalue weighted by Crippen LogP contribution is 2.29. The first-order chi connectivity index (χ1) is 12.3. The predicted octanol–water partition coefficient (Wildman–Crippen LogP) is 2.57. The van der Waals surface area contributed by atoms with Gasteiger partial charge >= 0.3 is 0 Å². The van der Waals surface area contributed by atoms with Crippen LogP contribution in [0.3, 0.4) is 0 Å². The van der Waals surface area contributed by atoms with Gasteiger partial charge in [0.15, 0.2) is 0 Å². The van der Waals surface area contributed by atoms with E-state index in [4.69, 9.17) is 4.74 Å². The molecule has 1 fully saturated rings. The second-order valence-corrected chi connectivity index (χ2v) is 6.82. The maximum atomic E-state index is 5.22. The molecule has 0 aliphatic carbocycles. The van der Waals surface area contributed by atoms with Gasteiger partial charge in [0, 0.05) is 42.8 Å². The SMILES string of the molecule is COc1cc(N2CCC[C@H](c3nccn3Cc3cscn3)C2)ncn1. The summed E-state index contributed by atoms with van der Waals surface area (Å²) in [6.07, 6.45) is 7.73. The van der Waals surface area contributed by atoms with Crippen molar-refractivity contribution in [1.29, 1.82) is 0 Å². The van der Waals surface area contributed by atoms with Crippen molar-refractivity contribution in [2.45, 2.75) is 25.3 Å². The number of piperidine rings is 1. The van der Waals surface area contributed by atoms with E-state index in [0.717, 1.165) is 49.8 Å². The Labute approximate surface area is 150 Å². The minimum Gasteiger partial charge on any atom is -0.481 e. The zero-order chi connectivity index (χ0) is 17.1. The van der Waals surface area contributed by atoms with Crippen LogP contribution in [0.25, 0.3) is 0 Å². The number of ether oxygens (including phenoxy) is 1. The van der Waals surface area contributed by atoms with Crippen LogP contribution in [0, 0.1) is 0 Å². The standard InChI is InChI=1S/C17H20N6OS/c1-24-16-7-15(19-11-20-16)22-5-2-3-13(8-22)17-18-4-6-23(17)9-14-10-25-12-21-14/h4,6-7,10-13H,2-3,5,8-9H2,1H3/t13-/m0/s1. The molecule has 4 heterocycles. The van der Waals surface area contributed by atoms with Crippen molar-refractivity contribution >= 4 is 17.2 Å². The first-order valence-electron chi connectivity index (χ1n) is 8.32. The quantitative estimate of drug-likeness (QED) is 0.700. The van der Waals surface area contributed by atoms with Gasteiger partial charge in [-0.05, 0) is 12.8 Å². The van der Waals surface area contributed by atoms with Crippen LogP contribution in [-0.4, -0.2) is 44.7 Å². The van der Waals surface area contributed by atoms with Crippen LogP contribution in [0.5, 0.6) is 5.88 Å². The number of thiazole rings is 1. The summed E-state index contributed by atoms with van der Waals surface area (Å²) in [4.78, 5) is 19.8. The van der Waals surface area contributed by atoms with Crippen molar-refractivity contribution in [1.82, 2.24) is 24.5 Å². The molecule has 0 aromatic carbocycles. The van der Waals surface area contributed by atoms with E-state index in [0.29, 0.717) is 11.8 Å². The Morgan fingerprint density at radius 2 is 2.24 bits per heavy atom. The number of methoxy groups -OCH3 is 1. The number of imidazole rings is 1. The smallest absolute Gasteiger partial charge is 0.218 e. The first-order valence-corrected chi connectivity index (χ1v) is 9.27. The van der Waals surface area contributed by atoms with Crippen LogP contribution in [0.1, 0.15) is 30.3 Å². The Bertz CT molecular complexity index is 818. The molecule has 0 N–H and O–H groups in total. The van der Waals surface area contributed by atoms with Gasteiger partial charge in [0.25, 0.3) is 0 Å². The molecule has 0 amide bonds. The third kappa shape index (κ3) is 3.48. The van der Waals surface area contributed by atoms with Gasteiger partial charge in [-0.3, -0.25) is 0 Å². The lowest BCUT2D eigenvalue weighted by Crippen LogP contribution is -2.36. The monoisotopic (exact) mass is 356 g/mol. The minimum absolute atomic E-state index is 0.378. The summed E-state index contributed by atoms with van der Waals surface area (Å²) in [6.45, 7) is 2.66. The molecule has 7 nitrogen and oxygen atoms in total. The zero-order valence-corrected chi connectivity index (χ0v) is 14.9. The lowest BCUT2D eigenvalue weighted by molar-refractivity contribution is 0.396. The van der Waals surface area contributed by atoms with E-state index in [1.807, 2.05) is 24.0 Å². The van der Waals surface area contributed by atoms with Gasteiger partial charge < -0.3 is 14.2 Å². The molecular weight excluding hydrogens is 336 g/mol. The summed E-state index contributed by atoms with van der Waals surface area (Å²) < 4.78 is 7.43. The van der Waals surface area contributed by atoms with Gasteiger partial charge in [-0.1, -0.05) is 0 Å². The summed E-state index contributed by atoms with van der Waals surface area (Å²) in [5, 5.41) is 2.09. The van der Waals surface area contributed by atoms with Crippen LogP contribution in [0.4, 0.5) is 5.82 Å². The third-order valence-corrected chi connectivity index (χ3v) is 5.15. The van der Waals surface area contributed by atoms with Crippen LogP contribution in [0.2, 0.25) is 0 Å². The van der Waals surface area contributed by atoms with Crippen molar-refractivity contribution < 1.29 is 4.74 Å². The van der Waals surface area contributed by atoms with Crippen molar-refractivity contribution in [2.24, 2.45) is 0 Å². The minimum atomic E-state index is 0.378. The molecule has 0 spiro atoms. The van der Waals surface area contributed by atoms with E-state index >= 15 is 0 Å². The first kappa shape index (κ1) is 16.0. The molecular formula is C17H20N6OS. The number of aromatic nitrogens is 5. The Morgan fingerprint density at radius 3 is 3.08 bits per heavy atom. The predicted molar refractivity (Wildman–Crippen MR) is 96.2 cm³/mol. The number of hydrogen-bond acceptors (Lipinski definition) is 7. The molecule has 1 saturated heterocycles. The number of nitrogens with zero attached hydrogens (tertiary/aromatic N) is 6. The molecule has 3 aromatic heterocycles. The third-order valence-electron chi connectivity index (χ3n) is 4.51. The summed E-state index contributed by atoms with van der Waals surface area (Å²) in [7, 11) is 1.63. The average Bonchev–Trinajstić information content (AvgIpc) is 3.34. The van der Waals surface area contributed by atoms with Gasteiger partial charge in [-0.15, -0.1) is 11.3 Å². The Hall–Kier alpha value is -2.48. The maximum Gasteiger partial charge on any atom is 0.218 e. The van der Waals surface area contributed by atoms with Gasteiger partial charge in [-0.2, -0.15) is 0 Å². The molecule has 3 aromatic rings. The van der Waals surface area contributed by atoms with Gasteiger partial charge in [-0.25, -0.2) is 19.9 Å². The number of rotatable bonds is 5. The summed E-state index contributed by atoms with van der Waals surface area (Å²) in [6, 6.07) is 1.89. The topological polar surface area (TPSA) is 69.0 Å². The molecule has 1 aliphatic heterocycles. The second kappa shape index (κ2) is 7.18. The fourth-order valence-electron chi connectivity index (χ4n) is 3.31. The molecule has 4 rings (SSSR count). The van der Waals surface area contributed by atoms with E-state index in [9.17, 15) is 0 Å². The normalized spacial score (nSPS) is 17.6. The van der Waals surface area contributed by atoms with Crippen LogP contribution < -0.4 is 9.64 Å². The Kier molecular flexibility index (Phi) is 4.60. The summed E-state index contributed by atoms with van der Waals surface area (Å²) in [5.41, 5.74) is 2.95. The summed E-state index contributed by atoms with van der Waals surface area (Å²) in [5.74, 6) is 3.01. The van der Waals surface area contributed by atoms with E-state index in [1.54, 1.807) is 24.8 Å². The maximum absolute atomic E-state index is 5.22. The van der Waals surface area contributed by atoms with Crippen molar-refractivity contribution in [3.8, 4) is 5.88 Å². The van der Waals surface area contributed by atoms with Gasteiger partial charge in [0.2, 0.25) is 5.88 Å². The Balaban J connectivity index is 1.52. The summed E-state index contributed by atoms with van der Waals surface area (Å²) >= 11 is 1.62. The Morgan fingerprint density at radius 1 is 1.28 bits per heavy atom. The van der Waals surface area contributed by atoms with Crippen molar-refractivity contribution in [2.75, 3.05) is 25.1 Å². The molecule has 25 heavy (non-hydrogen) atoms. The molecule has 130 valence electrons. The fraction of sp³-hybridized carbons (Fsp3) is 0.412. The van der Waals surface area contributed by atoms with Crippen molar-refractivity contribution in [3.63, 3.8) is 0 Å². The molecule has 0 unspecified atom stereocenters. The number of anilines is 1. The molecule has 8 heteroatoms. The average molecular weight is 356 g/mol. The van der Waals surface area contributed by atoms with Gasteiger partial charge in [0.05, 0.1) is 24.9 Å². The highest BCUT2D eigenvalue weighted by Gasteiger charge is 2.26. The van der Waals surface area contributed by atoms with Crippen molar-refractivity contribution in [3.05, 3.63) is 47.2 Å². The van der Waals surface area contributed by atoms with E-state index in [2.05, 4.69) is 34.8 Å². The molecule has 0 saturated carbocycles. The fourth-order valence-corrected chi connectivity index (χ4v) is 3.86. The van der Waals surface area contributed by atoms with Crippen LogP contribution in [-0.2, 0) is 6.54 Å².